The van der Waals surface area contributed by atoms with Crippen LogP contribution in [0.3, 0.4) is 0 Å². The lowest BCUT2D eigenvalue weighted by atomic mass is 9.85. The van der Waals surface area contributed by atoms with Crippen molar-refractivity contribution in [3.8, 4) is 0 Å². The van der Waals surface area contributed by atoms with Gasteiger partial charge in [0.1, 0.15) is 0 Å². The summed E-state index contributed by atoms with van der Waals surface area (Å²) >= 11 is 0. The number of nitrogens with one attached hydrogen (secondary N) is 1. The molecule has 0 aliphatic carbocycles. The first-order valence-corrected chi connectivity index (χ1v) is 8.57. The number of likely N-dealkylation sites (tertiary alicyclic amines) is 1. The molecule has 1 spiro atoms. The highest BCUT2D eigenvalue weighted by Crippen LogP contribution is 2.38. The highest BCUT2D eigenvalue weighted by Gasteiger charge is 2.52. The van der Waals surface area contributed by atoms with Gasteiger partial charge in [0.25, 0.3) is 5.91 Å². The Hall–Kier alpha value is -2.37. The lowest BCUT2D eigenvalue weighted by Crippen LogP contribution is -2.37. The van der Waals surface area contributed by atoms with E-state index in [2.05, 4.69) is 10.2 Å². The van der Waals surface area contributed by atoms with Crippen molar-refractivity contribution in [1.82, 2.24) is 10.2 Å². The van der Waals surface area contributed by atoms with Crippen LogP contribution in [0.4, 0.5) is 5.69 Å². The molecule has 3 amide bonds. The van der Waals surface area contributed by atoms with Crippen molar-refractivity contribution in [2.24, 2.45) is 5.41 Å². The van der Waals surface area contributed by atoms with Gasteiger partial charge in [-0.2, -0.15) is 0 Å². The molecule has 4 rings (SSSR count). The van der Waals surface area contributed by atoms with Crippen molar-refractivity contribution in [3.63, 3.8) is 0 Å². The SMILES string of the molecule is O=C1C[C@@]2(CCN(C(=O)c3ccccc3N3CCCC3)C2)C(=O)N1. The van der Waals surface area contributed by atoms with Gasteiger partial charge in [-0.15, -0.1) is 0 Å². The van der Waals surface area contributed by atoms with Crippen molar-refractivity contribution in [2.75, 3.05) is 31.1 Å². The molecule has 0 aromatic heterocycles. The predicted octanol–water partition coefficient (Wildman–Crippen LogP) is 1.17. The first kappa shape index (κ1) is 15.2. The Morgan fingerprint density at radius 3 is 2.54 bits per heavy atom. The maximum absolute atomic E-state index is 13.0. The molecule has 3 aliphatic heterocycles. The summed E-state index contributed by atoms with van der Waals surface area (Å²) in [5.41, 5.74) is 0.962. The number of carbonyl (C=O) groups excluding carboxylic acids is 3. The summed E-state index contributed by atoms with van der Waals surface area (Å²) in [7, 11) is 0. The molecule has 126 valence electrons. The number of carbonyl (C=O) groups is 3. The zero-order valence-corrected chi connectivity index (χ0v) is 13.6. The molecule has 24 heavy (non-hydrogen) atoms. The molecule has 0 radical (unpaired) electrons. The number of hydrogen-bond acceptors (Lipinski definition) is 4. The molecule has 1 aromatic rings. The zero-order valence-electron chi connectivity index (χ0n) is 13.6. The number of para-hydroxylation sites is 1. The van der Waals surface area contributed by atoms with Crippen LogP contribution in [0.5, 0.6) is 0 Å². The number of hydrogen-bond donors (Lipinski definition) is 1. The Morgan fingerprint density at radius 2 is 1.83 bits per heavy atom. The molecule has 6 heteroatoms. The van der Waals surface area contributed by atoms with Crippen LogP contribution in [0.15, 0.2) is 24.3 Å². The molecule has 3 heterocycles. The van der Waals surface area contributed by atoms with Crippen LogP contribution in [0.1, 0.15) is 36.0 Å². The van der Waals surface area contributed by atoms with Gasteiger partial charge in [-0.1, -0.05) is 12.1 Å². The van der Waals surface area contributed by atoms with E-state index in [-0.39, 0.29) is 24.1 Å². The second-order valence-corrected chi connectivity index (χ2v) is 7.02. The molecule has 3 saturated heterocycles. The van der Waals surface area contributed by atoms with Crippen LogP contribution in [-0.2, 0) is 9.59 Å². The van der Waals surface area contributed by atoms with Crippen molar-refractivity contribution >= 4 is 23.4 Å². The Labute approximate surface area is 140 Å². The third-order valence-corrected chi connectivity index (χ3v) is 5.46. The Bertz CT molecular complexity index is 711. The van der Waals surface area contributed by atoms with Crippen LogP contribution in [0.2, 0.25) is 0 Å². The third kappa shape index (κ3) is 2.37. The molecule has 1 N–H and O–H groups in total. The summed E-state index contributed by atoms with van der Waals surface area (Å²) in [4.78, 5) is 40.7. The van der Waals surface area contributed by atoms with Gasteiger partial charge in [0.05, 0.1) is 11.0 Å². The molecule has 6 nitrogen and oxygen atoms in total. The van der Waals surface area contributed by atoms with Gasteiger partial charge in [-0.3, -0.25) is 19.7 Å². The average molecular weight is 327 g/mol. The summed E-state index contributed by atoms with van der Waals surface area (Å²) in [6.45, 7) is 2.81. The maximum atomic E-state index is 13.0. The summed E-state index contributed by atoms with van der Waals surface area (Å²) in [6, 6.07) is 7.69. The van der Waals surface area contributed by atoms with Gasteiger partial charge in [-0.05, 0) is 31.4 Å². The summed E-state index contributed by atoms with van der Waals surface area (Å²) in [5, 5.41) is 2.38. The number of amides is 3. The molecule has 1 aromatic carbocycles. The number of rotatable bonds is 2. The van der Waals surface area contributed by atoms with Crippen LogP contribution in [-0.4, -0.2) is 48.8 Å². The number of nitrogens with zero attached hydrogens (tertiary/aromatic N) is 2. The van der Waals surface area contributed by atoms with E-state index in [0.717, 1.165) is 31.6 Å². The quantitative estimate of drug-likeness (QED) is 0.828. The second-order valence-electron chi connectivity index (χ2n) is 7.02. The minimum Gasteiger partial charge on any atom is -0.371 e. The van der Waals surface area contributed by atoms with E-state index >= 15 is 0 Å². The summed E-state index contributed by atoms with van der Waals surface area (Å²) in [5.74, 6) is -0.496. The first-order valence-electron chi connectivity index (χ1n) is 8.57. The molecule has 3 aliphatic rings. The predicted molar refractivity (Wildman–Crippen MR) is 88.6 cm³/mol. The monoisotopic (exact) mass is 327 g/mol. The minimum atomic E-state index is -0.713. The molecular formula is C18H21N3O3. The maximum Gasteiger partial charge on any atom is 0.255 e. The summed E-state index contributed by atoms with van der Waals surface area (Å²) < 4.78 is 0. The second kappa shape index (κ2) is 5.61. The van der Waals surface area contributed by atoms with Crippen molar-refractivity contribution < 1.29 is 14.4 Å². The van der Waals surface area contributed by atoms with Crippen molar-refractivity contribution in [2.45, 2.75) is 25.7 Å². The van der Waals surface area contributed by atoms with Gasteiger partial charge < -0.3 is 9.80 Å². The van der Waals surface area contributed by atoms with Gasteiger partial charge in [0, 0.05) is 38.3 Å². The number of benzene rings is 1. The Kier molecular flexibility index (Phi) is 3.55. The Morgan fingerprint density at radius 1 is 1.08 bits per heavy atom. The van der Waals surface area contributed by atoms with Crippen LogP contribution in [0, 0.1) is 5.41 Å². The third-order valence-electron chi connectivity index (χ3n) is 5.46. The molecule has 0 bridgehead atoms. The Balaban J connectivity index is 1.57. The van der Waals surface area contributed by atoms with Crippen LogP contribution >= 0.6 is 0 Å². The minimum absolute atomic E-state index is 0.0403. The molecule has 0 unspecified atom stereocenters. The normalized spacial score (nSPS) is 26.5. The van der Waals surface area contributed by atoms with Gasteiger partial charge in [0.15, 0.2) is 0 Å². The van der Waals surface area contributed by atoms with Crippen LogP contribution in [0.25, 0.3) is 0 Å². The highest BCUT2D eigenvalue weighted by molar-refractivity contribution is 6.07. The lowest BCUT2D eigenvalue weighted by Gasteiger charge is -2.24. The van der Waals surface area contributed by atoms with Gasteiger partial charge in [-0.25, -0.2) is 0 Å². The number of imide groups is 1. The molecular weight excluding hydrogens is 306 g/mol. The molecule has 3 fully saturated rings. The fourth-order valence-corrected chi connectivity index (χ4v) is 4.13. The molecule has 0 saturated carbocycles. The largest absolute Gasteiger partial charge is 0.371 e. The van der Waals surface area contributed by atoms with Crippen molar-refractivity contribution in [1.29, 1.82) is 0 Å². The molecule has 1 atom stereocenters. The van der Waals surface area contributed by atoms with E-state index in [0.29, 0.717) is 25.1 Å². The average Bonchev–Trinajstić information content (AvgIpc) is 3.29. The van der Waals surface area contributed by atoms with E-state index in [1.54, 1.807) is 4.90 Å². The summed E-state index contributed by atoms with van der Waals surface area (Å²) in [6.07, 6.45) is 3.06. The van der Waals surface area contributed by atoms with E-state index in [4.69, 9.17) is 0 Å². The highest BCUT2D eigenvalue weighted by atomic mass is 16.2. The standard InChI is InChI=1S/C18H21N3O3/c22-15-11-18(17(24)19-15)7-10-21(12-18)16(23)13-5-1-2-6-14(13)20-8-3-4-9-20/h1-2,5-6H,3-4,7-12H2,(H,19,22,24)/t18-/m1/s1. The zero-order chi connectivity index (χ0) is 16.7. The van der Waals surface area contributed by atoms with Gasteiger partial charge >= 0.3 is 0 Å². The smallest absolute Gasteiger partial charge is 0.255 e. The number of anilines is 1. The van der Waals surface area contributed by atoms with Crippen LogP contribution < -0.4 is 10.2 Å². The fraction of sp³-hybridized carbons (Fsp3) is 0.500. The van der Waals surface area contributed by atoms with Crippen molar-refractivity contribution in [3.05, 3.63) is 29.8 Å². The first-order chi connectivity index (χ1) is 11.6. The van der Waals surface area contributed by atoms with E-state index < -0.39 is 5.41 Å². The van der Waals surface area contributed by atoms with E-state index in [9.17, 15) is 14.4 Å². The van der Waals surface area contributed by atoms with E-state index in [1.807, 2.05) is 24.3 Å². The fourth-order valence-electron chi connectivity index (χ4n) is 4.13. The van der Waals surface area contributed by atoms with E-state index in [1.165, 1.54) is 0 Å². The van der Waals surface area contributed by atoms with Gasteiger partial charge in [0.2, 0.25) is 11.8 Å². The topological polar surface area (TPSA) is 69.7 Å². The lowest BCUT2D eigenvalue weighted by molar-refractivity contribution is -0.128.